The fraction of sp³-hybridized carbons (Fsp3) is 0.435. The maximum absolute atomic E-state index is 12.8. The zero-order valence-corrected chi connectivity index (χ0v) is 18.0. The number of para-hydroxylation sites is 1. The van der Waals surface area contributed by atoms with Crippen LogP contribution in [0.3, 0.4) is 0 Å². The SMILES string of the molecule is COc1ccccc1C(=O)NC1CC2CCCC(C1)N2Cc1c(Cl)cccc1Cl. The van der Waals surface area contributed by atoms with Gasteiger partial charge in [0.1, 0.15) is 5.75 Å². The average Bonchev–Trinajstić information content (AvgIpc) is 2.71. The van der Waals surface area contributed by atoms with Crippen LogP contribution in [0.4, 0.5) is 0 Å². The van der Waals surface area contributed by atoms with Crippen LogP contribution in [-0.4, -0.2) is 36.0 Å². The van der Waals surface area contributed by atoms with Gasteiger partial charge in [-0.2, -0.15) is 0 Å². The molecule has 2 atom stereocenters. The van der Waals surface area contributed by atoms with Crippen molar-refractivity contribution >= 4 is 29.1 Å². The number of carbonyl (C=O) groups excluding carboxylic acids is 1. The lowest BCUT2D eigenvalue weighted by molar-refractivity contribution is 0.0177. The second-order valence-electron chi connectivity index (χ2n) is 7.95. The fourth-order valence-corrected chi connectivity index (χ4v) is 5.33. The predicted molar refractivity (Wildman–Crippen MR) is 117 cm³/mol. The summed E-state index contributed by atoms with van der Waals surface area (Å²) in [7, 11) is 1.59. The minimum absolute atomic E-state index is 0.0619. The molecule has 2 bridgehead atoms. The number of benzene rings is 2. The Bertz CT molecular complexity index is 855. The van der Waals surface area contributed by atoms with Crippen LogP contribution >= 0.6 is 23.2 Å². The molecule has 4 rings (SSSR count). The minimum atomic E-state index is -0.0619. The van der Waals surface area contributed by atoms with E-state index in [1.54, 1.807) is 7.11 Å². The molecule has 2 aliphatic rings. The summed E-state index contributed by atoms with van der Waals surface area (Å²) in [6.45, 7) is 0.765. The smallest absolute Gasteiger partial charge is 0.255 e. The van der Waals surface area contributed by atoms with Gasteiger partial charge >= 0.3 is 0 Å². The highest BCUT2D eigenvalue weighted by Crippen LogP contribution is 2.37. The third-order valence-corrected chi connectivity index (χ3v) is 6.92. The van der Waals surface area contributed by atoms with Crippen molar-refractivity contribution in [2.45, 2.75) is 56.8 Å². The van der Waals surface area contributed by atoms with E-state index < -0.39 is 0 Å². The van der Waals surface area contributed by atoms with E-state index in [-0.39, 0.29) is 11.9 Å². The second kappa shape index (κ2) is 8.95. The van der Waals surface area contributed by atoms with E-state index in [0.717, 1.165) is 47.8 Å². The molecule has 0 radical (unpaired) electrons. The maximum atomic E-state index is 12.8. The molecule has 2 fully saturated rings. The molecule has 29 heavy (non-hydrogen) atoms. The van der Waals surface area contributed by atoms with Crippen LogP contribution in [0.2, 0.25) is 10.0 Å². The molecular formula is C23H26Cl2N2O2. The Balaban J connectivity index is 1.46. The molecule has 154 valence electrons. The van der Waals surface area contributed by atoms with Gasteiger partial charge in [0, 0.05) is 40.3 Å². The molecule has 1 N–H and O–H groups in total. The molecule has 6 heteroatoms. The van der Waals surface area contributed by atoms with Gasteiger partial charge in [0.25, 0.3) is 5.91 Å². The highest BCUT2D eigenvalue weighted by atomic mass is 35.5. The zero-order valence-electron chi connectivity index (χ0n) is 16.5. The van der Waals surface area contributed by atoms with Crippen molar-refractivity contribution in [3.05, 3.63) is 63.6 Å². The van der Waals surface area contributed by atoms with Crippen molar-refractivity contribution in [2.75, 3.05) is 7.11 Å². The van der Waals surface area contributed by atoms with Crippen LogP contribution < -0.4 is 10.1 Å². The zero-order chi connectivity index (χ0) is 20.4. The maximum Gasteiger partial charge on any atom is 0.255 e. The summed E-state index contributed by atoms with van der Waals surface area (Å²) in [6.07, 6.45) is 5.40. The number of hydrogen-bond donors (Lipinski definition) is 1. The number of amides is 1. The third kappa shape index (κ3) is 4.40. The Morgan fingerprint density at radius 3 is 2.38 bits per heavy atom. The van der Waals surface area contributed by atoms with Gasteiger partial charge < -0.3 is 10.1 Å². The normalized spacial score (nSPS) is 24.2. The Morgan fingerprint density at radius 1 is 1.07 bits per heavy atom. The first-order chi connectivity index (χ1) is 14.1. The highest BCUT2D eigenvalue weighted by molar-refractivity contribution is 6.35. The molecular weight excluding hydrogens is 407 g/mol. The van der Waals surface area contributed by atoms with Crippen LogP contribution in [0, 0.1) is 0 Å². The lowest BCUT2D eigenvalue weighted by Crippen LogP contribution is -2.56. The number of fused-ring (bicyclic) bond motifs is 2. The molecule has 2 aromatic rings. The van der Waals surface area contributed by atoms with Gasteiger partial charge in [0.05, 0.1) is 12.7 Å². The molecule has 0 aromatic heterocycles. The summed E-state index contributed by atoms with van der Waals surface area (Å²) < 4.78 is 5.34. The molecule has 4 nitrogen and oxygen atoms in total. The molecule has 1 amide bonds. The molecule has 0 aliphatic carbocycles. The number of nitrogens with one attached hydrogen (secondary N) is 1. The average molecular weight is 433 g/mol. The minimum Gasteiger partial charge on any atom is -0.496 e. The van der Waals surface area contributed by atoms with E-state index >= 15 is 0 Å². The Labute approximate surface area is 182 Å². The second-order valence-corrected chi connectivity index (χ2v) is 8.77. The predicted octanol–water partition coefficient (Wildman–Crippen LogP) is 5.32. The van der Waals surface area contributed by atoms with Crippen molar-refractivity contribution in [3.63, 3.8) is 0 Å². The van der Waals surface area contributed by atoms with Crippen LogP contribution in [0.25, 0.3) is 0 Å². The van der Waals surface area contributed by atoms with Crippen molar-refractivity contribution in [2.24, 2.45) is 0 Å². The fourth-order valence-electron chi connectivity index (χ4n) is 4.82. The summed E-state index contributed by atoms with van der Waals surface area (Å²) in [6, 6.07) is 14.1. The Kier molecular flexibility index (Phi) is 6.33. The summed E-state index contributed by atoms with van der Waals surface area (Å²) in [5.41, 5.74) is 1.59. The van der Waals surface area contributed by atoms with Crippen LogP contribution in [0.5, 0.6) is 5.75 Å². The number of hydrogen-bond acceptors (Lipinski definition) is 3. The van der Waals surface area contributed by atoms with E-state index in [0.29, 0.717) is 23.4 Å². The monoisotopic (exact) mass is 432 g/mol. The number of piperidine rings is 2. The number of rotatable bonds is 5. The van der Waals surface area contributed by atoms with E-state index in [2.05, 4.69) is 10.2 Å². The summed E-state index contributed by atoms with van der Waals surface area (Å²) in [5, 5.41) is 4.70. The number of carbonyl (C=O) groups is 1. The first-order valence-electron chi connectivity index (χ1n) is 10.2. The van der Waals surface area contributed by atoms with Gasteiger partial charge in [-0.25, -0.2) is 0 Å². The third-order valence-electron chi connectivity index (χ3n) is 6.22. The standard InChI is InChI=1S/C23H26Cl2N2O2/c1-29-22-11-3-2-8-18(22)23(28)26-15-12-16-6-4-7-17(13-15)27(16)14-19-20(24)9-5-10-21(19)25/h2-3,5,8-11,15-17H,4,6-7,12-14H2,1H3,(H,26,28). The number of halogens is 2. The van der Waals surface area contributed by atoms with E-state index in [1.807, 2.05) is 42.5 Å². The number of nitrogens with zero attached hydrogens (tertiary/aromatic N) is 1. The van der Waals surface area contributed by atoms with Gasteiger partial charge in [0.2, 0.25) is 0 Å². The van der Waals surface area contributed by atoms with E-state index in [4.69, 9.17) is 27.9 Å². The molecule has 2 aliphatic heterocycles. The molecule has 0 saturated carbocycles. The summed E-state index contributed by atoms with van der Waals surface area (Å²) >= 11 is 12.8. The van der Waals surface area contributed by atoms with Gasteiger partial charge in [0.15, 0.2) is 0 Å². The lowest BCUT2D eigenvalue weighted by Gasteiger charge is -2.49. The Hall–Kier alpha value is -1.75. The van der Waals surface area contributed by atoms with Gasteiger partial charge in [-0.3, -0.25) is 9.69 Å². The number of methoxy groups -OCH3 is 1. The quantitative estimate of drug-likeness (QED) is 0.694. The van der Waals surface area contributed by atoms with Crippen molar-refractivity contribution in [3.8, 4) is 5.75 Å². The van der Waals surface area contributed by atoms with E-state index in [9.17, 15) is 4.79 Å². The topological polar surface area (TPSA) is 41.6 Å². The lowest BCUT2D eigenvalue weighted by atomic mass is 9.81. The summed E-state index contributed by atoms with van der Waals surface area (Å²) in [5.74, 6) is 0.545. The van der Waals surface area contributed by atoms with Crippen molar-refractivity contribution in [1.82, 2.24) is 10.2 Å². The first kappa shape index (κ1) is 20.5. The Morgan fingerprint density at radius 2 is 1.72 bits per heavy atom. The highest BCUT2D eigenvalue weighted by Gasteiger charge is 2.39. The molecule has 2 saturated heterocycles. The largest absolute Gasteiger partial charge is 0.496 e. The van der Waals surface area contributed by atoms with Crippen LogP contribution in [0.15, 0.2) is 42.5 Å². The van der Waals surface area contributed by atoms with Crippen LogP contribution in [0.1, 0.15) is 48.0 Å². The molecule has 2 heterocycles. The van der Waals surface area contributed by atoms with Crippen molar-refractivity contribution in [1.29, 1.82) is 0 Å². The van der Waals surface area contributed by atoms with Gasteiger partial charge in [-0.05, 0) is 49.9 Å². The molecule has 0 spiro atoms. The number of ether oxygens (including phenoxy) is 1. The van der Waals surface area contributed by atoms with Gasteiger partial charge in [-0.15, -0.1) is 0 Å². The van der Waals surface area contributed by atoms with Gasteiger partial charge in [-0.1, -0.05) is 47.8 Å². The first-order valence-corrected chi connectivity index (χ1v) is 10.9. The van der Waals surface area contributed by atoms with Crippen molar-refractivity contribution < 1.29 is 9.53 Å². The van der Waals surface area contributed by atoms with Crippen LogP contribution in [-0.2, 0) is 6.54 Å². The molecule has 2 aromatic carbocycles. The van der Waals surface area contributed by atoms with E-state index in [1.165, 1.54) is 6.42 Å². The molecule has 2 unspecified atom stereocenters. The summed E-state index contributed by atoms with van der Waals surface area (Å²) in [4.78, 5) is 15.4.